The molecule has 0 aliphatic rings. The Hall–Kier alpha value is -1.35. The lowest BCUT2D eigenvalue weighted by atomic mass is 10.1. The first-order chi connectivity index (χ1) is 17.7. The van der Waals surface area contributed by atoms with E-state index in [4.69, 9.17) is 33.5 Å². The fourth-order valence-electron chi connectivity index (χ4n) is 3.18. The molecule has 2 atom stereocenters. The molecular weight excluding hydrogens is 501 g/mol. The van der Waals surface area contributed by atoms with E-state index in [2.05, 4.69) is 13.8 Å². The maximum Gasteiger partial charge on any atom is 0.508 e. The maximum atomic E-state index is 12.3. The molecule has 0 aromatic rings. The van der Waals surface area contributed by atoms with Gasteiger partial charge in [-0.3, -0.25) is 9.05 Å². The van der Waals surface area contributed by atoms with Gasteiger partial charge >= 0.3 is 20.1 Å². The van der Waals surface area contributed by atoms with E-state index in [0.29, 0.717) is 13.2 Å². The summed E-state index contributed by atoms with van der Waals surface area (Å²) in [5, 5.41) is 0. The van der Waals surface area contributed by atoms with Crippen molar-refractivity contribution < 1.29 is 42.1 Å². The van der Waals surface area contributed by atoms with Crippen molar-refractivity contribution in [2.24, 2.45) is 17.3 Å². The van der Waals surface area contributed by atoms with Crippen LogP contribution >= 0.6 is 7.75 Å². The van der Waals surface area contributed by atoms with Gasteiger partial charge in [0.1, 0.15) is 0 Å². The van der Waals surface area contributed by atoms with E-state index in [-0.39, 0.29) is 38.3 Å². The SMILES string of the molecule is CCCCCCCCOC(=O)OCC(C)COP(N)(=O)OCC(C)COC(=O)OCCCCCCCC. The fraction of sp³-hybridized carbons (Fsp3) is 0.923. The minimum Gasteiger partial charge on any atom is -0.434 e. The Morgan fingerprint density at radius 3 is 1.32 bits per heavy atom. The third-order valence-electron chi connectivity index (χ3n) is 5.49. The van der Waals surface area contributed by atoms with Crippen LogP contribution in [0.1, 0.15) is 105 Å². The van der Waals surface area contributed by atoms with E-state index < -0.39 is 20.1 Å². The number of carbonyl (C=O) groups excluding carboxylic acids is 2. The molecule has 0 amide bonds. The normalized spacial score (nSPS) is 14.4. The second-order valence-electron chi connectivity index (χ2n) is 9.70. The predicted octanol–water partition coefficient (Wildman–Crippen LogP) is 7.39. The molecule has 0 saturated heterocycles. The van der Waals surface area contributed by atoms with Crippen molar-refractivity contribution in [2.75, 3.05) is 39.6 Å². The number of hydrogen-bond donors (Lipinski definition) is 1. The van der Waals surface area contributed by atoms with Gasteiger partial charge in [0.05, 0.1) is 39.6 Å². The standard InChI is InChI=1S/C26H52NO9P/c1-5-7-9-11-13-15-17-31-25(28)33-19-23(3)21-35-37(27,30)36-22-24(4)20-34-26(29)32-18-16-14-12-10-8-6-2/h23-24H,5-22H2,1-4H3,(H2,27,30). The molecule has 0 heterocycles. The van der Waals surface area contributed by atoms with Crippen LogP contribution in [0.25, 0.3) is 0 Å². The molecule has 0 aromatic carbocycles. The summed E-state index contributed by atoms with van der Waals surface area (Å²) in [7, 11) is -3.81. The van der Waals surface area contributed by atoms with Gasteiger partial charge in [-0.05, 0) is 12.8 Å². The van der Waals surface area contributed by atoms with Crippen LogP contribution in [0.4, 0.5) is 9.59 Å². The van der Waals surface area contributed by atoms with Crippen LogP contribution in [0, 0.1) is 11.8 Å². The quantitative estimate of drug-likeness (QED) is 0.0732. The summed E-state index contributed by atoms with van der Waals surface area (Å²) in [6.07, 6.45) is 11.8. The minimum absolute atomic E-state index is 0.0197. The Bertz CT molecular complexity index is 573. The number of nitrogens with two attached hydrogens (primary N) is 1. The van der Waals surface area contributed by atoms with E-state index in [1.807, 2.05) is 0 Å². The zero-order valence-electron chi connectivity index (χ0n) is 23.6. The third kappa shape index (κ3) is 24.7. The highest BCUT2D eigenvalue weighted by Crippen LogP contribution is 2.39. The second-order valence-corrected chi connectivity index (χ2v) is 11.3. The van der Waals surface area contributed by atoms with Crippen molar-refractivity contribution in [3.8, 4) is 0 Å². The third-order valence-corrected chi connectivity index (χ3v) is 6.50. The van der Waals surface area contributed by atoms with Crippen molar-refractivity contribution in [1.29, 1.82) is 0 Å². The van der Waals surface area contributed by atoms with Gasteiger partial charge in [0, 0.05) is 11.8 Å². The fourth-order valence-corrected chi connectivity index (χ4v) is 4.17. The first kappa shape index (κ1) is 35.6. The minimum atomic E-state index is -3.81. The van der Waals surface area contributed by atoms with Crippen molar-refractivity contribution in [2.45, 2.75) is 105 Å². The Morgan fingerprint density at radius 1 is 0.595 bits per heavy atom. The molecule has 0 radical (unpaired) electrons. The van der Waals surface area contributed by atoms with Gasteiger partial charge in [0.25, 0.3) is 0 Å². The molecule has 0 spiro atoms. The number of unbranched alkanes of at least 4 members (excludes halogenated alkanes) is 10. The van der Waals surface area contributed by atoms with E-state index in [9.17, 15) is 14.2 Å². The largest absolute Gasteiger partial charge is 0.508 e. The summed E-state index contributed by atoms with van der Waals surface area (Å²) in [6.45, 7) is 8.56. The lowest BCUT2D eigenvalue weighted by Crippen LogP contribution is -2.20. The molecule has 220 valence electrons. The topological polar surface area (TPSA) is 133 Å². The number of carbonyl (C=O) groups is 2. The van der Waals surface area contributed by atoms with Crippen molar-refractivity contribution in [3.63, 3.8) is 0 Å². The van der Waals surface area contributed by atoms with Crippen molar-refractivity contribution in [3.05, 3.63) is 0 Å². The number of rotatable bonds is 24. The summed E-state index contributed by atoms with van der Waals surface area (Å²) >= 11 is 0. The summed E-state index contributed by atoms with van der Waals surface area (Å²) in [6, 6.07) is 0. The molecule has 2 unspecified atom stereocenters. The average Bonchev–Trinajstić information content (AvgIpc) is 2.87. The first-order valence-corrected chi connectivity index (χ1v) is 15.6. The molecule has 37 heavy (non-hydrogen) atoms. The van der Waals surface area contributed by atoms with Gasteiger partial charge in [0.2, 0.25) is 0 Å². The Morgan fingerprint density at radius 2 is 0.946 bits per heavy atom. The average molecular weight is 554 g/mol. The summed E-state index contributed by atoms with van der Waals surface area (Å²) in [5.41, 5.74) is 5.62. The van der Waals surface area contributed by atoms with Crippen LogP contribution in [-0.2, 0) is 32.6 Å². The van der Waals surface area contributed by atoms with Crippen LogP contribution in [0.3, 0.4) is 0 Å². The van der Waals surface area contributed by atoms with Gasteiger partial charge in [-0.25, -0.2) is 19.7 Å². The van der Waals surface area contributed by atoms with Crippen LogP contribution in [-0.4, -0.2) is 52.0 Å². The predicted molar refractivity (Wildman–Crippen MR) is 143 cm³/mol. The second kappa shape index (κ2) is 23.7. The zero-order chi connectivity index (χ0) is 27.8. The highest BCUT2D eigenvalue weighted by Gasteiger charge is 2.22. The molecule has 0 fully saturated rings. The van der Waals surface area contributed by atoms with Gasteiger partial charge < -0.3 is 18.9 Å². The van der Waals surface area contributed by atoms with Crippen LogP contribution in [0.2, 0.25) is 0 Å². The smallest absolute Gasteiger partial charge is 0.434 e. The lowest BCUT2D eigenvalue weighted by Gasteiger charge is -2.19. The van der Waals surface area contributed by atoms with E-state index in [0.717, 1.165) is 38.5 Å². The van der Waals surface area contributed by atoms with E-state index in [1.165, 1.54) is 38.5 Å². The van der Waals surface area contributed by atoms with E-state index in [1.54, 1.807) is 13.8 Å². The Balaban J connectivity index is 3.83. The molecule has 11 heteroatoms. The molecule has 0 aliphatic carbocycles. The van der Waals surface area contributed by atoms with Crippen LogP contribution in [0.15, 0.2) is 0 Å². The van der Waals surface area contributed by atoms with Crippen molar-refractivity contribution >= 4 is 20.1 Å². The Labute approximate surface area is 224 Å². The van der Waals surface area contributed by atoms with Crippen LogP contribution in [0.5, 0.6) is 0 Å². The van der Waals surface area contributed by atoms with Crippen LogP contribution < -0.4 is 5.50 Å². The molecular formula is C26H52NO9P. The summed E-state index contributed by atoms with van der Waals surface area (Å²) < 4.78 is 42.9. The summed E-state index contributed by atoms with van der Waals surface area (Å²) in [5.74, 6) is -0.520. The monoisotopic (exact) mass is 553 g/mol. The highest BCUT2D eigenvalue weighted by molar-refractivity contribution is 7.51. The number of hydrogen-bond acceptors (Lipinski definition) is 9. The molecule has 2 N–H and O–H groups in total. The van der Waals surface area contributed by atoms with E-state index >= 15 is 0 Å². The molecule has 0 bridgehead atoms. The molecule has 0 saturated carbocycles. The molecule has 0 aliphatic heterocycles. The van der Waals surface area contributed by atoms with Crippen molar-refractivity contribution in [1.82, 2.24) is 0 Å². The van der Waals surface area contributed by atoms with Gasteiger partial charge in [0.15, 0.2) is 0 Å². The molecule has 10 nitrogen and oxygen atoms in total. The zero-order valence-corrected chi connectivity index (χ0v) is 24.5. The summed E-state index contributed by atoms with van der Waals surface area (Å²) in [4.78, 5) is 23.3. The Kier molecular flexibility index (Phi) is 22.9. The molecule has 0 rings (SSSR count). The lowest BCUT2D eigenvalue weighted by molar-refractivity contribution is 0.0355. The maximum absolute atomic E-state index is 12.3. The first-order valence-electron chi connectivity index (χ1n) is 14.0. The molecule has 0 aromatic heterocycles. The van der Waals surface area contributed by atoms with Gasteiger partial charge in [-0.2, -0.15) is 0 Å². The number of ether oxygens (including phenoxy) is 4. The van der Waals surface area contributed by atoms with Gasteiger partial charge in [-0.1, -0.05) is 91.9 Å². The van der Waals surface area contributed by atoms with Gasteiger partial charge in [-0.15, -0.1) is 0 Å². The highest BCUT2D eigenvalue weighted by atomic mass is 31.2.